The van der Waals surface area contributed by atoms with Gasteiger partial charge in [0.1, 0.15) is 0 Å². The number of fused-ring (bicyclic) bond motifs is 4. The normalized spacial score (nSPS) is 10.5. The van der Waals surface area contributed by atoms with Crippen LogP contribution in [0.3, 0.4) is 0 Å². The number of benzene rings is 5. The summed E-state index contributed by atoms with van der Waals surface area (Å²) in [5.74, 6) is 0. The van der Waals surface area contributed by atoms with Gasteiger partial charge in [-0.2, -0.15) is 25.0 Å². The van der Waals surface area contributed by atoms with Gasteiger partial charge in [-0.1, -0.05) is 110 Å². The molecule has 0 spiro atoms. The molecule has 0 N–H and O–H groups in total. The van der Waals surface area contributed by atoms with E-state index < -0.39 is 0 Å². The number of unbranched alkanes of at least 4 members (excludes halogenated alkanes) is 2. The fourth-order valence-electron chi connectivity index (χ4n) is 6.74. The Morgan fingerprint density at radius 1 is 0.529 bits per heavy atom. The van der Waals surface area contributed by atoms with Gasteiger partial charge in [0.05, 0.1) is 0 Å². The second-order valence-corrected chi connectivity index (χ2v) is 14.2. The van der Waals surface area contributed by atoms with Crippen molar-refractivity contribution in [2.45, 2.75) is 81.1 Å². The van der Waals surface area contributed by atoms with Crippen LogP contribution in [0, 0.1) is 55.4 Å². The van der Waals surface area contributed by atoms with Crippen molar-refractivity contribution in [3.8, 4) is 22.3 Å². The monoisotopic (exact) mass is 746 g/mol. The molecule has 0 amide bonds. The third-order valence-electron chi connectivity index (χ3n) is 9.05. The van der Waals surface area contributed by atoms with E-state index in [-0.39, 0.29) is 21.7 Å². The van der Waals surface area contributed by atoms with E-state index in [9.17, 15) is 0 Å². The number of hydrogen-bond acceptors (Lipinski definition) is 0. The van der Waals surface area contributed by atoms with Crippen LogP contribution < -0.4 is 0 Å². The Morgan fingerprint density at radius 2 is 0.922 bits per heavy atom. The zero-order valence-corrected chi connectivity index (χ0v) is 34.8. The van der Waals surface area contributed by atoms with Crippen LogP contribution in [0.1, 0.15) is 72.9 Å². The first-order chi connectivity index (χ1) is 23.9. The van der Waals surface area contributed by atoms with Gasteiger partial charge in [0.15, 0.2) is 0 Å². The number of halogens is 2. The molecule has 0 saturated heterocycles. The fraction of sp³-hybridized carbons (Fsp3) is 0.250. The molecule has 262 valence electrons. The number of aryl methyl sites for hydroxylation is 6. The summed E-state index contributed by atoms with van der Waals surface area (Å²) in [6, 6.07) is 34.9. The molecule has 0 nitrogen and oxygen atoms in total. The van der Waals surface area contributed by atoms with Gasteiger partial charge < -0.3 is 13.8 Å². The predicted octanol–water partition coefficient (Wildman–Crippen LogP) is 16.0. The van der Waals surface area contributed by atoms with E-state index in [0.717, 1.165) is 33.7 Å². The summed E-state index contributed by atoms with van der Waals surface area (Å²) in [5.41, 5.74) is 13.4. The van der Waals surface area contributed by atoms with Crippen molar-refractivity contribution in [2.75, 3.05) is 0 Å². The topological polar surface area (TPSA) is 0 Å². The molecule has 0 bridgehead atoms. The van der Waals surface area contributed by atoms with Crippen molar-refractivity contribution in [1.82, 2.24) is 0 Å². The molecule has 7 rings (SSSR count). The van der Waals surface area contributed by atoms with Gasteiger partial charge in [0.2, 0.25) is 0 Å². The molecule has 3 heteroatoms. The zero-order valence-electron chi connectivity index (χ0n) is 31.7. The Morgan fingerprint density at radius 3 is 1.29 bits per heavy atom. The first kappa shape index (κ1) is 42.3. The van der Waals surface area contributed by atoms with Crippen LogP contribution >= 0.6 is 23.2 Å². The Kier molecular flexibility index (Phi) is 16.3. The quantitative estimate of drug-likeness (QED) is 0.124. The summed E-state index contributed by atoms with van der Waals surface area (Å²) in [6.45, 7) is 24.7. The maximum Gasteiger partial charge on any atom is 4.00 e. The third kappa shape index (κ3) is 10.3. The summed E-state index contributed by atoms with van der Waals surface area (Å²) in [7, 11) is 0. The third-order valence-corrected chi connectivity index (χ3v) is 9.71. The molecule has 0 aliphatic heterocycles. The van der Waals surface area contributed by atoms with Crippen LogP contribution in [0.25, 0.3) is 54.6 Å². The molecule has 0 aliphatic carbocycles. The first-order valence-electron chi connectivity index (χ1n) is 17.8. The molecule has 0 aliphatic rings. The molecule has 0 unspecified atom stereocenters. The van der Waals surface area contributed by atoms with Crippen molar-refractivity contribution < 1.29 is 21.7 Å². The standard InChI is InChI=1S/C31H29.C9H5Cl2.2C4H9.Ti/c1-18-11-20(3)30(21(4)12-18)26-9-7-24-15-25-8-10-27(17-29(25)28(24)16-26)31-22(5)13-19(2)14-23(31)6;10-8-4-5-9(11)7-3-1-2-6(7)8;2*1-3-4-2;/h7-17H,1-6H3;1-5H;2*1,3-4H2,2H3;/q4*-1;+4. The van der Waals surface area contributed by atoms with Gasteiger partial charge in [0.25, 0.3) is 0 Å². The van der Waals surface area contributed by atoms with Crippen molar-refractivity contribution in [3.05, 3.63) is 154 Å². The van der Waals surface area contributed by atoms with Crippen LogP contribution in [0.4, 0.5) is 0 Å². The Hall–Kier alpha value is -3.13. The molecule has 0 heterocycles. The molecule has 0 aromatic heterocycles. The maximum atomic E-state index is 5.91. The molecule has 0 saturated carbocycles. The van der Waals surface area contributed by atoms with E-state index in [1.807, 2.05) is 30.3 Å². The fourth-order valence-corrected chi connectivity index (χ4v) is 7.20. The van der Waals surface area contributed by atoms with E-state index in [0.29, 0.717) is 0 Å². The summed E-state index contributed by atoms with van der Waals surface area (Å²) in [4.78, 5) is 0. The molecule has 0 radical (unpaired) electrons. The molecule has 51 heavy (non-hydrogen) atoms. The van der Waals surface area contributed by atoms with E-state index in [1.54, 1.807) is 0 Å². The van der Waals surface area contributed by atoms with E-state index in [1.165, 1.54) is 90.0 Å². The van der Waals surface area contributed by atoms with Gasteiger partial charge >= 0.3 is 21.7 Å². The van der Waals surface area contributed by atoms with E-state index in [4.69, 9.17) is 23.2 Å². The van der Waals surface area contributed by atoms with Crippen molar-refractivity contribution in [3.63, 3.8) is 0 Å². The summed E-state index contributed by atoms with van der Waals surface area (Å²) in [5, 5.41) is 8.89. The molecule has 0 fully saturated rings. The van der Waals surface area contributed by atoms with Gasteiger partial charge in [0, 0.05) is 0 Å². The Bertz CT molecular complexity index is 1990. The molecular weight excluding hydrogens is 695 g/mol. The maximum absolute atomic E-state index is 5.91. The summed E-state index contributed by atoms with van der Waals surface area (Å²) in [6.07, 6.45) is 4.56. The van der Waals surface area contributed by atoms with Gasteiger partial charge in [-0.15, -0.1) is 68.2 Å². The minimum Gasteiger partial charge on any atom is -0.343 e. The Labute approximate surface area is 332 Å². The van der Waals surface area contributed by atoms with Crippen LogP contribution in [0.5, 0.6) is 0 Å². The second kappa shape index (κ2) is 19.6. The zero-order chi connectivity index (χ0) is 36.5. The average Bonchev–Trinajstić information content (AvgIpc) is 3.72. The minimum absolute atomic E-state index is 0. The molecule has 0 atom stereocenters. The Balaban J connectivity index is 0.000000289. The van der Waals surface area contributed by atoms with Gasteiger partial charge in [-0.3, -0.25) is 0 Å². The molecular formula is C48H52Cl2Ti. The van der Waals surface area contributed by atoms with Crippen molar-refractivity contribution in [1.29, 1.82) is 0 Å². The smallest absolute Gasteiger partial charge is 0.343 e. The van der Waals surface area contributed by atoms with Crippen LogP contribution in [0.15, 0.2) is 97.1 Å². The number of rotatable bonds is 4. The minimum atomic E-state index is 0. The molecule has 7 aromatic carbocycles. The summed E-state index contributed by atoms with van der Waals surface area (Å²) >= 11 is 11.8. The first-order valence-corrected chi connectivity index (χ1v) is 18.6. The predicted molar refractivity (Wildman–Crippen MR) is 226 cm³/mol. The molecule has 7 aromatic rings. The van der Waals surface area contributed by atoms with Crippen molar-refractivity contribution in [2.24, 2.45) is 0 Å². The van der Waals surface area contributed by atoms with E-state index >= 15 is 0 Å². The second-order valence-electron chi connectivity index (χ2n) is 13.4. The largest absolute Gasteiger partial charge is 4.00 e. The number of hydrogen-bond donors (Lipinski definition) is 0. The van der Waals surface area contributed by atoms with Crippen LogP contribution in [-0.4, -0.2) is 0 Å². The average molecular weight is 748 g/mol. The van der Waals surface area contributed by atoms with Gasteiger partial charge in [-0.25, -0.2) is 0 Å². The van der Waals surface area contributed by atoms with Crippen molar-refractivity contribution >= 4 is 55.5 Å². The van der Waals surface area contributed by atoms with Crippen LogP contribution in [0.2, 0.25) is 10.0 Å². The SMILES string of the molecule is Cc1cc(C)c(-c2ccc3[cH-]c4ccc(-c5c(C)cc(C)cc5C)cc4c3c2)c(C)c1.Clc1ccc(Cl)c2[cH-]ccc12.[CH2-]CCC.[CH2-]CCC.[Ti+4]. The summed E-state index contributed by atoms with van der Waals surface area (Å²) < 4.78 is 0. The van der Waals surface area contributed by atoms with E-state index in [2.05, 4.69) is 136 Å². The van der Waals surface area contributed by atoms with Gasteiger partial charge in [-0.05, 0) is 96.1 Å². The van der Waals surface area contributed by atoms with Crippen LogP contribution in [-0.2, 0) is 21.7 Å².